The van der Waals surface area contributed by atoms with Gasteiger partial charge in [-0.2, -0.15) is 0 Å². The summed E-state index contributed by atoms with van der Waals surface area (Å²) in [5.41, 5.74) is 0.727. The fraction of sp³-hybridized carbons (Fsp3) is 0.0952. The number of benzene rings is 3. The van der Waals surface area contributed by atoms with Crippen molar-refractivity contribution in [3.05, 3.63) is 84.9 Å². The molecule has 0 aliphatic carbocycles. The summed E-state index contributed by atoms with van der Waals surface area (Å²) in [6, 6.07) is 26.3. The molecule has 0 saturated carbocycles. The first-order valence-corrected chi connectivity index (χ1v) is 8.10. The molecule has 0 bridgehead atoms. The molecule has 0 atom stereocenters. The largest absolute Gasteiger partial charge is 0.493 e. The quantitative estimate of drug-likeness (QED) is 0.670. The number of hydrogen-bond acceptors (Lipinski definition) is 3. The lowest BCUT2D eigenvalue weighted by atomic mass is 10.3. The summed E-state index contributed by atoms with van der Waals surface area (Å²) >= 11 is 0. The number of hydrogen-bond donors (Lipinski definition) is 1. The first kappa shape index (κ1) is 16.6. The molecule has 25 heavy (non-hydrogen) atoms. The Labute approximate surface area is 147 Å². The third-order valence-corrected chi connectivity index (χ3v) is 3.46. The maximum absolute atomic E-state index is 12.0. The zero-order valence-corrected chi connectivity index (χ0v) is 13.7. The number of carbonyl (C=O) groups excluding carboxylic acids is 1. The van der Waals surface area contributed by atoms with E-state index < -0.39 is 0 Å². The highest BCUT2D eigenvalue weighted by molar-refractivity contribution is 5.90. The molecule has 0 aromatic heterocycles. The first-order valence-electron chi connectivity index (χ1n) is 8.10. The molecule has 1 amide bonds. The van der Waals surface area contributed by atoms with Crippen LogP contribution in [0.15, 0.2) is 84.9 Å². The molecule has 126 valence electrons. The topological polar surface area (TPSA) is 47.6 Å². The second-order valence-electron chi connectivity index (χ2n) is 5.40. The van der Waals surface area contributed by atoms with Gasteiger partial charge in [-0.3, -0.25) is 4.79 Å². The summed E-state index contributed by atoms with van der Waals surface area (Å²) < 4.78 is 11.2. The minimum absolute atomic E-state index is 0.0901. The van der Waals surface area contributed by atoms with Gasteiger partial charge in [0.05, 0.1) is 13.0 Å². The highest BCUT2D eigenvalue weighted by Gasteiger charge is 2.04. The SMILES string of the molecule is O=C(CCOc1ccccc1)Nc1ccc(Oc2ccccc2)cc1. The van der Waals surface area contributed by atoms with Gasteiger partial charge in [-0.1, -0.05) is 36.4 Å². The summed E-state index contributed by atoms with van der Waals surface area (Å²) in [5, 5.41) is 2.84. The Hall–Kier alpha value is -3.27. The van der Waals surface area contributed by atoms with E-state index in [9.17, 15) is 4.79 Å². The van der Waals surface area contributed by atoms with Crippen molar-refractivity contribution in [3.63, 3.8) is 0 Å². The molecule has 4 heteroatoms. The highest BCUT2D eigenvalue weighted by atomic mass is 16.5. The van der Waals surface area contributed by atoms with Crippen molar-refractivity contribution >= 4 is 11.6 Å². The molecule has 3 rings (SSSR count). The van der Waals surface area contributed by atoms with Crippen molar-refractivity contribution in [2.24, 2.45) is 0 Å². The van der Waals surface area contributed by atoms with Gasteiger partial charge in [0.15, 0.2) is 0 Å². The third kappa shape index (κ3) is 5.39. The van der Waals surface area contributed by atoms with Crippen LogP contribution in [0.2, 0.25) is 0 Å². The normalized spacial score (nSPS) is 10.1. The van der Waals surface area contributed by atoms with Crippen molar-refractivity contribution in [1.82, 2.24) is 0 Å². The van der Waals surface area contributed by atoms with Gasteiger partial charge in [0.2, 0.25) is 5.91 Å². The van der Waals surface area contributed by atoms with Crippen LogP contribution in [0.4, 0.5) is 5.69 Å². The average Bonchev–Trinajstić information content (AvgIpc) is 2.65. The Morgan fingerprint density at radius 3 is 1.92 bits per heavy atom. The average molecular weight is 333 g/mol. The van der Waals surface area contributed by atoms with E-state index in [4.69, 9.17) is 9.47 Å². The number of carbonyl (C=O) groups is 1. The van der Waals surface area contributed by atoms with Gasteiger partial charge in [-0.25, -0.2) is 0 Å². The van der Waals surface area contributed by atoms with E-state index in [0.717, 1.165) is 22.9 Å². The lowest BCUT2D eigenvalue weighted by Crippen LogP contribution is -2.15. The molecular formula is C21H19NO3. The smallest absolute Gasteiger partial charge is 0.227 e. The zero-order chi connectivity index (χ0) is 17.3. The predicted octanol–water partition coefficient (Wildman–Crippen LogP) is 4.89. The second-order valence-corrected chi connectivity index (χ2v) is 5.40. The van der Waals surface area contributed by atoms with Gasteiger partial charge >= 0.3 is 0 Å². The fourth-order valence-corrected chi connectivity index (χ4v) is 2.23. The zero-order valence-electron chi connectivity index (χ0n) is 13.7. The maximum Gasteiger partial charge on any atom is 0.227 e. The van der Waals surface area contributed by atoms with E-state index in [2.05, 4.69) is 5.32 Å². The highest BCUT2D eigenvalue weighted by Crippen LogP contribution is 2.22. The van der Waals surface area contributed by atoms with Gasteiger partial charge in [0.1, 0.15) is 17.2 Å². The molecule has 0 aliphatic heterocycles. The van der Waals surface area contributed by atoms with Crippen molar-refractivity contribution in [1.29, 1.82) is 0 Å². The van der Waals surface area contributed by atoms with Crippen LogP contribution in [0, 0.1) is 0 Å². The van der Waals surface area contributed by atoms with Gasteiger partial charge < -0.3 is 14.8 Å². The Balaban J connectivity index is 1.45. The van der Waals surface area contributed by atoms with Crippen LogP contribution >= 0.6 is 0 Å². The van der Waals surface area contributed by atoms with Gasteiger partial charge in [-0.15, -0.1) is 0 Å². The van der Waals surface area contributed by atoms with E-state index in [1.807, 2.05) is 84.9 Å². The fourth-order valence-electron chi connectivity index (χ4n) is 2.23. The van der Waals surface area contributed by atoms with Crippen molar-refractivity contribution < 1.29 is 14.3 Å². The van der Waals surface area contributed by atoms with Crippen LogP contribution in [-0.2, 0) is 4.79 Å². The van der Waals surface area contributed by atoms with Crippen molar-refractivity contribution in [3.8, 4) is 17.2 Å². The van der Waals surface area contributed by atoms with E-state index in [1.54, 1.807) is 0 Å². The molecule has 0 heterocycles. The van der Waals surface area contributed by atoms with E-state index in [-0.39, 0.29) is 12.3 Å². The minimum atomic E-state index is -0.0901. The first-order chi connectivity index (χ1) is 12.3. The van der Waals surface area contributed by atoms with Crippen molar-refractivity contribution in [2.45, 2.75) is 6.42 Å². The minimum Gasteiger partial charge on any atom is -0.493 e. The number of para-hydroxylation sites is 2. The van der Waals surface area contributed by atoms with Gasteiger partial charge in [0.25, 0.3) is 0 Å². The molecule has 0 radical (unpaired) electrons. The molecule has 3 aromatic carbocycles. The Kier molecular flexibility index (Phi) is 5.67. The molecule has 0 saturated heterocycles. The predicted molar refractivity (Wildman–Crippen MR) is 98.1 cm³/mol. The van der Waals surface area contributed by atoms with Crippen LogP contribution in [0.25, 0.3) is 0 Å². The Morgan fingerprint density at radius 1 is 0.720 bits per heavy atom. The standard InChI is InChI=1S/C21H19NO3/c23-21(15-16-24-18-7-3-1-4-8-18)22-17-11-13-20(14-12-17)25-19-9-5-2-6-10-19/h1-14H,15-16H2,(H,22,23). The second kappa shape index (κ2) is 8.55. The van der Waals surface area contributed by atoms with E-state index >= 15 is 0 Å². The summed E-state index contributed by atoms with van der Waals surface area (Å²) in [7, 11) is 0. The summed E-state index contributed by atoms with van der Waals surface area (Å²) in [4.78, 5) is 12.0. The molecule has 0 fully saturated rings. The summed E-state index contributed by atoms with van der Waals surface area (Å²) in [6.45, 7) is 0.338. The molecular weight excluding hydrogens is 314 g/mol. The Bertz CT molecular complexity index is 786. The van der Waals surface area contributed by atoms with Crippen molar-refractivity contribution in [2.75, 3.05) is 11.9 Å². The van der Waals surface area contributed by atoms with E-state index in [1.165, 1.54) is 0 Å². The summed E-state index contributed by atoms with van der Waals surface area (Å²) in [6.07, 6.45) is 0.289. The lowest BCUT2D eigenvalue weighted by molar-refractivity contribution is -0.116. The Morgan fingerprint density at radius 2 is 1.28 bits per heavy atom. The van der Waals surface area contributed by atoms with Crippen LogP contribution in [-0.4, -0.2) is 12.5 Å². The molecule has 0 spiro atoms. The van der Waals surface area contributed by atoms with E-state index in [0.29, 0.717) is 6.61 Å². The molecule has 1 N–H and O–H groups in total. The van der Waals surface area contributed by atoms with Crippen LogP contribution in [0.3, 0.4) is 0 Å². The van der Waals surface area contributed by atoms with Gasteiger partial charge in [-0.05, 0) is 48.5 Å². The van der Waals surface area contributed by atoms with Crippen LogP contribution < -0.4 is 14.8 Å². The number of anilines is 1. The number of ether oxygens (including phenoxy) is 2. The summed E-state index contributed by atoms with van der Waals surface area (Å²) in [5.74, 6) is 2.17. The number of amides is 1. The molecule has 0 unspecified atom stereocenters. The maximum atomic E-state index is 12.0. The van der Waals surface area contributed by atoms with Gasteiger partial charge in [0, 0.05) is 5.69 Å². The molecule has 4 nitrogen and oxygen atoms in total. The van der Waals surface area contributed by atoms with Crippen LogP contribution in [0.1, 0.15) is 6.42 Å². The third-order valence-electron chi connectivity index (χ3n) is 3.46. The lowest BCUT2D eigenvalue weighted by Gasteiger charge is -2.09. The monoisotopic (exact) mass is 333 g/mol. The van der Waals surface area contributed by atoms with Crippen LogP contribution in [0.5, 0.6) is 17.2 Å². The molecule has 3 aromatic rings. The molecule has 0 aliphatic rings. The number of nitrogens with one attached hydrogen (secondary N) is 1. The number of rotatable bonds is 7.